The Bertz CT molecular complexity index is 645. The molecule has 1 rings (SSSR count). The van der Waals surface area contributed by atoms with Gasteiger partial charge in [-0.2, -0.15) is 13.2 Å². The van der Waals surface area contributed by atoms with Gasteiger partial charge in [-0.25, -0.2) is 0 Å². The molecule has 0 amide bonds. The van der Waals surface area contributed by atoms with Crippen LogP contribution in [-0.2, 0) is 6.18 Å². The molecular weight excluding hydrogens is 355 g/mol. The van der Waals surface area contributed by atoms with Crippen LogP contribution in [0.15, 0.2) is 12.1 Å². The minimum absolute atomic E-state index is 0.0477. The SMILES string of the molecule is CC(C)NC(=S)NNc1c([N+](=O)[O-])cc(C(F)(F)F)cc1[N+](=O)[O-]. The van der Waals surface area contributed by atoms with Crippen molar-refractivity contribution in [3.05, 3.63) is 37.9 Å². The van der Waals surface area contributed by atoms with Crippen molar-refractivity contribution in [1.29, 1.82) is 0 Å². The Morgan fingerprint density at radius 2 is 1.62 bits per heavy atom. The molecule has 0 bridgehead atoms. The van der Waals surface area contributed by atoms with E-state index in [0.717, 1.165) is 0 Å². The number of anilines is 1. The van der Waals surface area contributed by atoms with Gasteiger partial charge < -0.3 is 5.32 Å². The van der Waals surface area contributed by atoms with Crippen molar-refractivity contribution in [3.8, 4) is 0 Å². The summed E-state index contributed by atoms with van der Waals surface area (Å²) < 4.78 is 38.3. The summed E-state index contributed by atoms with van der Waals surface area (Å²) >= 11 is 4.83. The molecule has 0 unspecified atom stereocenters. The van der Waals surface area contributed by atoms with E-state index in [-0.39, 0.29) is 23.3 Å². The summed E-state index contributed by atoms with van der Waals surface area (Å²) in [5.74, 6) is 0. The molecule has 0 saturated carbocycles. The number of nitrogens with one attached hydrogen (secondary N) is 3. The lowest BCUT2D eigenvalue weighted by Crippen LogP contribution is -2.42. The van der Waals surface area contributed by atoms with Gasteiger partial charge >= 0.3 is 17.6 Å². The first-order chi connectivity index (χ1) is 10.9. The van der Waals surface area contributed by atoms with Crippen LogP contribution in [0.4, 0.5) is 30.2 Å². The van der Waals surface area contributed by atoms with E-state index in [2.05, 4.69) is 16.2 Å². The quantitative estimate of drug-likeness (QED) is 0.412. The van der Waals surface area contributed by atoms with Crippen molar-refractivity contribution in [1.82, 2.24) is 10.7 Å². The maximum absolute atomic E-state index is 12.8. The van der Waals surface area contributed by atoms with Gasteiger partial charge in [0.05, 0.1) is 15.4 Å². The normalized spacial score (nSPS) is 11.1. The number of hydrogen-bond donors (Lipinski definition) is 3. The fourth-order valence-electron chi connectivity index (χ4n) is 1.61. The molecule has 0 aliphatic carbocycles. The Balaban J connectivity index is 3.33. The van der Waals surface area contributed by atoms with E-state index < -0.39 is 38.6 Å². The Kier molecular flexibility index (Phi) is 5.84. The van der Waals surface area contributed by atoms with Gasteiger partial charge in [0.15, 0.2) is 5.11 Å². The fourth-order valence-corrected chi connectivity index (χ4v) is 1.90. The molecular formula is C11H12F3N5O4S. The standard InChI is InChI=1S/C11H12F3N5O4S/c1-5(2)15-10(24)17-16-9-7(18(20)21)3-6(11(12,13)14)4-8(9)19(22)23/h3-5,16H,1-2H3,(H2,15,17,24). The van der Waals surface area contributed by atoms with Gasteiger partial charge in [-0.1, -0.05) is 0 Å². The second-order valence-corrected chi connectivity index (χ2v) is 5.19. The molecule has 1 aromatic rings. The summed E-state index contributed by atoms with van der Waals surface area (Å²) in [7, 11) is 0. The first kappa shape index (κ1) is 19.3. The van der Waals surface area contributed by atoms with Crippen LogP contribution in [-0.4, -0.2) is 21.0 Å². The highest BCUT2D eigenvalue weighted by Crippen LogP contribution is 2.40. The third kappa shape index (κ3) is 4.91. The Morgan fingerprint density at radius 1 is 1.17 bits per heavy atom. The molecule has 0 heterocycles. The minimum atomic E-state index is -4.98. The van der Waals surface area contributed by atoms with Crippen LogP contribution < -0.4 is 16.2 Å². The number of thiocarbonyl (C=S) groups is 1. The van der Waals surface area contributed by atoms with Crippen LogP contribution in [0.3, 0.4) is 0 Å². The highest BCUT2D eigenvalue weighted by atomic mass is 32.1. The summed E-state index contributed by atoms with van der Waals surface area (Å²) in [6.45, 7) is 3.47. The monoisotopic (exact) mass is 367 g/mol. The lowest BCUT2D eigenvalue weighted by Gasteiger charge is -2.15. The average Bonchev–Trinajstić information content (AvgIpc) is 2.42. The summed E-state index contributed by atoms with van der Waals surface area (Å²) in [6, 6.07) is 0.302. The Hall–Kier alpha value is -2.70. The smallest absolute Gasteiger partial charge is 0.359 e. The lowest BCUT2D eigenvalue weighted by molar-refractivity contribution is -0.392. The van der Waals surface area contributed by atoms with Gasteiger partial charge in [0.2, 0.25) is 5.69 Å². The van der Waals surface area contributed by atoms with E-state index in [1.807, 2.05) is 0 Å². The number of alkyl halides is 3. The predicted octanol–water partition coefficient (Wildman–Crippen LogP) is 2.72. The zero-order valence-electron chi connectivity index (χ0n) is 12.3. The van der Waals surface area contributed by atoms with Crippen molar-refractivity contribution in [2.45, 2.75) is 26.1 Å². The van der Waals surface area contributed by atoms with Crippen molar-refractivity contribution in [2.75, 3.05) is 5.43 Å². The summed E-state index contributed by atoms with van der Waals surface area (Å²) in [5, 5.41) is 24.6. The molecule has 24 heavy (non-hydrogen) atoms. The number of nitro benzene ring substituents is 2. The van der Waals surface area contributed by atoms with Gasteiger partial charge in [-0.15, -0.1) is 0 Å². The molecule has 0 saturated heterocycles. The number of hydrogen-bond acceptors (Lipinski definition) is 6. The number of nitro groups is 2. The zero-order valence-corrected chi connectivity index (χ0v) is 13.1. The largest absolute Gasteiger partial charge is 0.416 e. The van der Waals surface area contributed by atoms with Crippen LogP contribution in [0.5, 0.6) is 0 Å². The van der Waals surface area contributed by atoms with Crippen LogP contribution in [0.1, 0.15) is 19.4 Å². The van der Waals surface area contributed by atoms with Crippen LogP contribution in [0.25, 0.3) is 0 Å². The van der Waals surface area contributed by atoms with Gasteiger partial charge in [0.25, 0.3) is 0 Å². The first-order valence-corrected chi connectivity index (χ1v) is 6.70. The summed E-state index contributed by atoms with van der Waals surface area (Å²) in [4.78, 5) is 19.7. The topological polar surface area (TPSA) is 122 Å². The average molecular weight is 367 g/mol. The second kappa shape index (κ2) is 7.25. The molecule has 0 atom stereocenters. The Labute approximate surface area is 138 Å². The van der Waals surface area contributed by atoms with E-state index >= 15 is 0 Å². The number of benzene rings is 1. The summed E-state index contributed by atoms with van der Waals surface area (Å²) in [6.07, 6.45) is -4.98. The van der Waals surface area contributed by atoms with E-state index in [0.29, 0.717) is 0 Å². The molecule has 0 spiro atoms. The third-order valence-corrected chi connectivity index (χ3v) is 2.76. The van der Waals surface area contributed by atoms with E-state index in [1.54, 1.807) is 13.8 Å². The maximum atomic E-state index is 12.8. The molecule has 0 radical (unpaired) electrons. The molecule has 0 aliphatic rings. The fraction of sp³-hybridized carbons (Fsp3) is 0.364. The maximum Gasteiger partial charge on any atom is 0.416 e. The van der Waals surface area contributed by atoms with Gasteiger partial charge in [0.1, 0.15) is 0 Å². The second-order valence-electron chi connectivity index (χ2n) is 4.78. The van der Waals surface area contributed by atoms with Crippen molar-refractivity contribution in [2.24, 2.45) is 0 Å². The molecule has 1 aromatic carbocycles. The highest BCUT2D eigenvalue weighted by molar-refractivity contribution is 7.80. The van der Waals surface area contributed by atoms with E-state index in [4.69, 9.17) is 12.2 Å². The van der Waals surface area contributed by atoms with Crippen LogP contribution in [0, 0.1) is 20.2 Å². The minimum Gasteiger partial charge on any atom is -0.359 e. The molecule has 132 valence electrons. The highest BCUT2D eigenvalue weighted by Gasteiger charge is 2.37. The van der Waals surface area contributed by atoms with Gasteiger partial charge in [0, 0.05) is 18.2 Å². The van der Waals surface area contributed by atoms with Gasteiger partial charge in [-0.3, -0.25) is 31.1 Å². The number of halogens is 3. The van der Waals surface area contributed by atoms with Crippen LogP contribution >= 0.6 is 12.2 Å². The van der Waals surface area contributed by atoms with Crippen molar-refractivity contribution in [3.63, 3.8) is 0 Å². The molecule has 3 N–H and O–H groups in total. The first-order valence-electron chi connectivity index (χ1n) is 6.30. The number of hydrazine groups is 1. The van der Waals surface area contributed by atoms with E-state index in [9.17, 15) is 33.4 Å². The van der Waals surface area contributed by atoms with Crippen LogP contribution in [0.2, 0.25) is 0 Å². The number of rotatable bonds is 5. The van der Waals surface area contributed by atoms with Crippen molar-refractivity contribution >= 4 is 34.4 Å². The number of nitrogens with zero attached hydrogens (tertiary/aromatic N) is 2. The molecule has 13 heteroatoms. The Morgan fingerprint density at radius 3 is 1.96 bits per heavy atom. The molecule has 0 aliphatic heterocycles. The van der Waals surface area contributed by atoms with Gasteiger partial charge in [-0.05, 0) is 26.1 Å². The lowest BCUT2D eigenvalue weighted by atomic mass is 10.1. The zero-order chi connectivity index (χ0) is 18.7. The third-order valence-electron chi connectivity index (χ3n) is 2.54. The molecule has 9 nitrogen and oxygen atoms in total. The molecule has 0 fully saturated rings. The van der Waals surface area contributed by atoms with E-state index in [1.165, 1.54) is 0 Å². The molecule has 0 aromatic heterocycles. The predicted molar refractivity (Wildman–Crippen MR) is 82.4 cm³/mol. The van der Waals surface area contributed by atoms with Crippen molar-refractivity contribution < 1.29 is 23.0 Å². The summed E-state index contributed by atoms with van der Waals surface area (Å²) in [5.41, 5.74) is -0.0955.